The number of likely N-dealkylation sites (N-methyl/N-ethyl adjacent to an activating group) is 1. The maximum atomic E-state index is 6.06. The number of aromatic nitrogens is 1. The van der Waals surface area contributed by atoms with E-state index < -0.39 is 0 Å². The lowest BCUT2D eigenvalue weighted by Gasteiger charge is -2.40. The van der Waals surface area contributed by atoms with Gasteiger partial charge in [-0.2, -0.15) is 0 Å². The second-order valence-corrected chi connectivity index (χ2v) is 6.16. The Bertz CT molecular complexity index is 453. The highest BCUT2D eigenvalue weighted by Gasteiger charge is 2.53. The number of hydrogen-bond acceptors (Lipinski definition) is 4. The molecule has 1 aliphatic heterocycles. The highest BCUT2D eigenvalue weighted by Crippen LogP contribution is 2.45. The Balaban J connectivity index is 1.71. The van der Waals surface area contributed by atoms with Crippen molar-refractivity contribution in [3.8, 4) is 0 Å². The molecule has 4 nitrogen and oxygen atoms in total. The summed E-state index contributed by atoms with van der Waals surface area (Å²) in [6, 6.07) is 4.34. The molecule has 1 saturated heterocycles. The number of nitrogens with zero attached hydrogens (tertiary/aromatic N) is 3. The molecular weight excluding hydrogens is 250 g/mol. The number of hydrogen-bond donors (Lipinski definition) is 0. The van der Waals surface area contributed by atoms with Crippen molar-refractivity contribution in [3.05, 3.63) is 24.0 Å². The van der Waals surface area contributed by atoms with E-state index >= 15 is 0 Å². The van der Waals surface area contributed by atoms with Crippen molar-refractivity contribution in [1.82, 2.24) is 9.88 Å². The molecule has 1 aromatic rings. The lowest BCUT2D eigenvalue weighted by atomic mass is 10.1. The third-order valence-electron chi connectivity index (χ3n) is 4.86. The van der Waals surface area contributed by atoms with Gasteiger partial charge < -0.3 is 14.5 Å². The summed E-state index contributed by atoms with van der Waals surface area (Å²) in [6.07, 6.45) is 5.83. The third-order valence-corrected chi connectivity index (χ3v) is 4.86. The second-order valence-electron chi connectivity index (χ2n) is 6.16. The van der Waals surface area contributed by atoms with Gasteiger partial charge in [0, 0.05) is 24.3 Å². The summed E-state index contributed by atoms with van der Waals surface area (Å²) in [4.78, 5) is 9.29. The number of aryl methyl sites for hydroxylation is 1. The summed E-state index contributed by atoms with van der Waals surface area (Å²) in [6.45, 7) is 4.90. The molecule has 0 amide bonds. The van der Waals surface area contributed by atoms with Crippen molar-refractivity contribution in [2.75, 3.05) is 38.7 Å². The molecule has 20 heavy (non-hydrogen) atoms. The Morgan fingerprint density at radius 3 is 2.75 bits per heavy atom. The van der Waals surface area contributed by atoms with E-state index in [1.807, 2.05) is 6.20 Å². The minimum atomic E-state index is 0.273. The first-order valence-electron chi connectivity index (χ1n) is 7.64. The number of ether oxygens (including phenoxy) is 1. The van der Waals surface area contributed by atoms with Crippen molar-refractivity contribution in [2.45, 2.75) is 37.8 Å². The zero-order chi connectivity index (χ0) is 14.2. The fourth-order valence-corrected chi connectivity index (χ4v) is 3.21. The van der Waals surface area contributed by atoms with E-state index in [-0.39, 0.29) is 5.54 Å². The van der Waals surface area contributed by atoms with Crippen molar-refractivity contribution >= 4 is 5.69 Å². The summed E-state index contributed by atoms with van der Waals surface area (Å²) < 4.78 is 6.06. The normalized spacial score (nSPS) is 25.0. The van der Waals surface area contributed by atoms with Gasteiger partial charge >= 0.3 is 0 Å². The molecule has 0 spiro atoms. The molecule has 0 aromatic carbocycles. The van der Waals surface area contributed by atoms with Crippen molar-refractivity contribution in [2.24, 2.45) is 0 Å². The van der Waals surface area contributed by atoms with Crippen LogP contribution in [-0.2, 0) is 11.2 Å². The third kappa shape index (κ3) is 2.42. The first-order valence-corrected chi connectivity index (χ1v) is 7.64. The molecular formula is C16H25N3O. The van der Waals surface area contributed by atoms with Gasteiger partial charge in [0.05, 0.1) is 24.6 Å². The number of pyridine rings is 1. The van der Waals surface area contributed by atoms with Gasteiger partial charge in [-0.05, 0) is 45.5 Å². The van der Waals surface area contributed by atoms with E-state index in [1.165, 1.54) is 18.5 Å². The zero-order valence-corrected chi connectivity index (χ0v) is 12.8. The summed E-state index contributed by atoms with van der Waals surface area (Å²) in [5.41, 5.74) is 2.66. The van der Waals surface area contributed by atoms with Gasteiger partial charge in [-0.3, -0.25) is 4.98 Å². The summed E-state index contributed by atoms with van der Waals surface area (Å²) in [7, 11) is 4.35. The Morgan fingerprint density at radius 2 is 2.20 bits per heavy atom. The lowest BCUT2D eigenvalue weighted by molar-refractivity contribution is -0.0215. The van der Waals surface area contributed by atoms with E-state index in [4.69, 9.17) is 4.74 Å². The largest absolute Gasteiger partial charge is 0.373 e. The molecule has 2 fully saturated rings. The minimum absolute atomic E-state index is 0.273. The maximum absolute atomic E-state index is 6.06. The molecule has 2 aliphatic rings. The average Bonchev–Trinajstić information content (AvgIpc) is 3.29. The SMILES string of the molecule is CCc1ccc(N2CCO[C@H](C3(N(C)C)CC3)C2)cn1. The van der Waals surface area contributed by atoms with Gasteiger partial charge in [0.1, 0.15) is 0 Å². The molecule has 1 atom stereocenters. The van der Waals surface area contributed by atoms with E-state index in [2.05, 4.69) is 47.9 Å². The zero-order valence-electron chi connectivity index (χ0n) is 12.8. The van der Waals surface area contributed by atoms with E-state index in [9.17, 15) is 0 Å². The number of morpholine rings is 1. The van der Waals surface area contributed by atoms with Gasteiger partial charge in [0.2, 0.25) is 0 Å². The summed E-state index contributed by atoms with van der Waals surface area (Å²) >= 11 is 0. The highest BCUT2D eigenvalue weighted by molar-refractivity contribution is 5.45. The van der Waals surface area contributed by atoms with E-state index in [1.54, 1.807) is 0 Å². The van der Waals surface area contributed by atoms with Gasteiger partial charge in [-0.15, -0.1) is 0 Å². The van der Waals surface area contributed by atoms with Crippen LogP contribution >= 0.6 is 0 Å². The van der Waals surface area contributed by atoms with Crippen LogP contribution in [0.1, 0.15) is 25.5 Å². The second kappa shape index (κ2) is 5.34. The highest BCUT2D eigenvalue weighted by atomic mass is 16.5. The van der Waals surface area contributed by atoms with Crippen molar-refractivity contribution in [1.29, 1.82) is 0 Å². The van der Waals surface area contributed by atoms with Crippen LogP contribution in [0.15, 0.2) is 18.3 Å². The molecule has 2 heterocycles. The lowest BCUT2D eigenvalue weighted by Crippen LogP contribution is -2.53. The van der Waals surface area contributed by atoms with Crippen molar-refractivity contribution < 1.29 is 4.74 Å². The molecule has 1 saturated carbocycles. The first kappa shape index (κ1) is 13.8. The van der Waals surface area contributed by atoms with Crippen molar-refractivity contribution in [3.63, 3.8) is 0 Å². The monoisotopic (exact) mass is 275 g/mol. The molecule has 110 valence electrons. The fraction of sp³-hybridized carbons (Fsp3) is 0.688. The molecule has 0 bridgehead atoms. The van der Waals surface area contributed by atoms with Crippen LogP contribution in [0.25, 0.3) is 0 Å². The van der Waals surface area contributed by atoms with E-state index in [0.717, 1.165) is 31.8 Å². The summed E-state index contributed by atoms with van der Waals surface area (Å²) in [5, 5.41) is 0. The number of anilines is 1. The minimum Gasteiger partial charge on any atom is -0.373 e. The topological polar surface area (TPSA) is 28.6 Å². The maximum Gasteiger partial charge on any atom is 0.0933 e. The predicted octanol–water partition coefficient (Wildman–Crippen LogP) is 1.94. The molecule has 1 aromatic heterocycles. The molecule has 1 aliphatic carbocycles. The van der Waals surface area contributed by atoms with Crippen LogP contribution in [-0.4, -0.2) is 55.3 Å². The Hall–Kier alpha value is -1.13. The van der Waals surface area contributed by atoms with Crippen LogP contribution in [0.3, 0.4) is 0 Å². The first-order chi connectivity index (χ1) is 9.65. The Morgan fingerprint density at radius 1 is 1.40 bits per heavy atom. The van der Waals surface area contributed by atoms with Gasteiger partial charge in [-0.1, -0.05) is 6.92 Å². The molecule has 3 rings (SSSR count). The van der Waals surface area contributed by atoms with Crippen LogP contribution < -0.4 is 4.90 Å². The summed E-state index contributed by atoms with van der Waals surface area (Å²) in [5.74, 6) is 0. The predicted molar refractivity (Wildman–Crippen MR) is 81.2 cm³/mol. The van der Waals surface area contributed by atoms with Crippen LogP contribution in [0.5, 0.6) is 0 Å². The van der Waals surface area contributed by atoms with Gasteiger partial charge in [0.25, 0.3) is 0 Å². The molecule has 0 unspecified atom stereocenters. The van der Waals surface area contributed by atoms with Gasteiger partial charge in [-0.25, -0.2) is 0 Å². The molecule has 0 radical (unpaired) electrons. The Kier molecular flexibility index (Phi) is 3.69. The van der Waals surface area contributed by atoms with Crippen LogP contribution in [0, 0.1) is 0 Å². The molecule has 4 heteroatoms. The smallest absolute Gasteiger partial charge is 0.0933 e. The molecule has 0 N–H and O–H groups in total. The quantitative estimate of drug-likeness (QED) is 0.839. The average molecular weight is 275 g/mol. The van der Waals surface area contributed by atoms with Crippen LogP contribution in [0.4, 0.5) is 5.69 Å². The fourth-order valence-electron chi connectivity index (χ4n) is 3.21. The Labute approximate surface area is 121 Å². The van der Waals surface area contributed by atoms with Crippen LogP contribution in [0.2, 0.25) is 0 Å². The standard InChI is InChI=1S/C16H25N3O/c1-4-13-5-6-14(11-17-13)19-9-10-20-15(12-19)16(7-8-16)18(2)3/h5-6,11,15H,4,7-10,12H2,1-3H3/t15-/m0/s1. The number of rotatable bonds is 4. The van der Waals surface area contributed by atoms with Gasteiger partial charge in [0.15, 0.2) is 0 Å². The van der Waals surface area contributed by atoms with E-state index in [0.29, 0.717) is 6.10 Å².